The van der Waals surface area contributed by atoms with E-state index in [4.69, 9.17) is 9.47 Å². The number of aromatic nitrogens is 2. The minimum absolute atomic E-state index is 0.312. The maximum absolute atomic E-state index is 5.32. The maximum Gasteiger partial charge on any atom is 0.231 e. The highest BCUT2D eigenvalue weighted by atomic mass is 16.7. The van der Waals surface area contributed by atoms with E-state index in [1.165, 1.54) is 0 Å². The number of benzene rings is 1. The Balaban J connectivity index is 2.20. The molecule has 78 valence electrons. The average molecular weight is 204 g/mol. The molecule has 1 aliphatic heterocycles. The van der Waals surface area contributed by atoms with Crippen molar-refractivity contribution in [3.05, 3.63) is 18.3 Å². The Morgan fingerprint density at radius 2 is 2.00 bits per heavy atom. The molecule has 0 saturated heterocycles. The second-order valence-electron chi connectivity index (χ2n) is 3.97. The fourth-order valence-corrected chi connectivity index (χ4v) is 1.70. The monoisotopic (exact) mass is 204 g/mol. The molecule has 0 bridgehead atoms. The molecule has 3 rings (SSSR count). The van der Waals surface area contributed by atoms with Gasteiger partial charge in [0.05, 0.1) is 5.52 Å². The number of ether oxygens (including phenoxy) is 2. The molecular formula is C11H12N2O2. The maximum atomic E-state index is 5.32. The fourth-order valence-electron chi connectivity index (χ4n) is 1.70. The topological polar surface area (TPSA) is 36.3 Å². The van der Waals surface area contributed by atoms with Crippen molar-refractivity contribution in [2.24, 2.45) is 0 Å². The van der Waals surface area contributed by atoms with Crippen molar-refractivity contribution in [3.63, 3.8) is 0 Å². The van der Waals surface area contributed by atoms with Crippen molar-refractivity contribution < 1.29 is 9.47 Å². The summed E-state index contributed by atoms with van der Waals surface area (Å²) in [5, 5.41) is 5.56. The van der Waals surface area contributed by atoms with Crippen molar-refractivity contribution in [1.29, 1.82) is 0 Å². The molecule has 0 radical (unpaired) electrons. The Labute approximate surface area is 87.4 Å². The number of nitrogens with zero attached hydrogens (tertiary/aromatic N) is 2. The van der Waals surface area contributed by atoms with Gasteiger partial charge in [0, 0.05) is 23.7 Å². The van der Waals surface area contributed by atoms with E-state index in [1.807, 2.05) is 23.0 Å². The summed E-state index contributed by atoms with van der Waals surface area (Å²) in [6.07, 6.45) is 2.03. The van der Waals surface area contributed by atoms with Crippen molar-refractivity contribution >= 4 is 10.9 Å². The molecule has 1 aromatic carbocycles. The zero-order chi connectivity index (χ0) is 10.4. The van der Waals surface area contributed by atoms with E-state index in [-0.39, 0.29) is 0 Å². The molecule has 0 fully saturated rings. The first-order chi connectivity index (χ1) is 7.24. The first-order valence-electron chi connectivity index (χ1n) is 5.02. The molecule has 4 nitrogen and oxygen atoms in total. The highest BCUT2D eigenvalue weighted by Gasteiger charge is 2.15. The third-order valence-corrected chi connectivity index (χ3v) is 2.55. The minimum Gasteiger partial charge on any atom is -0.454 e. The standard InChI is InChI=1S/C11H12N2O2/c1-7(2)13-5-8-3-10-11(15-6-14-10)4-9(8)12-13/h3-5,7H,6H2,1-2H3. The van der Waals surface area contributed by atoms with Gasteiger partial charge in [-0.25, -0.2) is 0 Å². The molecule has 0 atom stereocenters. The lowest BCUT2D eigenvalue weighted by Crippen LogP contribution is -1.99. The van der Waals surface area contributed by atoms with Crippen LogP contribution in [-0.2, 0) is 0 Å². The van der Waals surface area contributed by atoms with E-state index in [1.54, 1.807) is 0 Å². The predicted molar refractivity (Wildman–Crippen MR) is 56.2 cm³/mol. The van der Waals surface area contributed by atoms with E-state index in [9.17, 15) is 0 Å². The summed E-state index contributed by atoms with van der Waals surface area (Å²) in [5.74, 6) is 1.60. The summed E-state index contributed by atoms with van der Waals surface area (Å²) in [4.78, 5) is 0. The third kappa shape index (κ3) is 1.25. The van der Waals surface area contributed by atoms with Crippen LogP contribution in [0.15, 0.2) is 18.3 Å². The van der Waals surface area contributed by atoms with Gasteiger partial charge < -0.3 is 9.47 Å². The molecule has 4 heteroatoms. The van der Waals surface area contributed by atoms with Gasteiger partial charge in [-0.05, 0) is 19.9 Å². The predicted octanol–water partition coefficient (Wildman–Crippen LogP) is 2.35. The van der Waals surface area contributed by atoms with E-state index in [0.29, 0.717) is 12.8 Å². The quantitative estimate of drug-likeness (QED) is 0.715. The third-order valence-electron chi connectivity index (χ3n) is 2.55. The summed E-state index contributed by atoms with van der Waals surface area (Å²) in [6.45, 7) is 4.52. The van der Waals surface area contributed by atoms with Crippen molar-refractivity contribution in [3.8, 4) is 11.5 Å². The Hall–Kier alpha value is -1.71. The van der Waals surface area contributed by atoms with E-state index in [0.717, 1.165) is 22.4 Å². The highest BCUT2D eigenvalue weighted by molar-refractivity contribution is 5.82. The lowest BCUT2D eigenvalue weighted by Gasteiger charge is -2.02. The second kappa shape index (κ2) is 2.89. The SMILES string of the molecule is CC(C)n1cc2cc3c(cc2n1)OCO3. The number of hydrogen-bond acceptors (Lipinski definition) is 3. The van der Waals surface area contributed by atoms with Crippen LogP contribution >= 0.6 is 0 Å². The molecule has 2 aromatic rings. The summed E-state index contributed by atoms with van der Waals surface area (Å²) in [7, 11) is 0. The number of rotatable bonds is 1. The molecule has 0 spiro atoms. The van der Waals surface area contributed by atoms with Gasteiger partial charge in [0.1, 0.15) is 0 Å². The van der Waals surface area contributed by atoms with Crippen LogP contribution in [0.25, 0.3) is 10.9 Å². The van der Waals surface area contributed by atoms with Crippen LogP contribution in [0.3, 0.4) is 0 Å². The normalized spacial score (nSPS) is 14.1. The van der Waals surface area contributed by atoms with Crippen molar-refractivity contribution in [2.45, 2.75) is 19.9 Å². The van der Waals surface area contributed by atoms with E-state index < -0.39 is 0 Å². The van der Waals surface area contributed by atoms with Crippen LogP contribution in [0.1, 0.15) is 19.9 Å². The summed E-state index contributed by atoms with van der Waals surface area (Å²) < 4.78 is 12.6. The summed E-state index contributed by atoms with van der Waals surface area (Å²) in [5.41, 5.74) is 0.952. The van der Waals surface area contributed by atoms with Crippen LogP contribution in [0, 0.1) is 0 Å². The Morgan fingerprint density at radius 1 is 1.27 bits per heavy atom. The molecule has 0 unspecified atom stereocenters. The van der Waals surface area contributed by atoms with Crippen LogP contribution in [-0.4, -0.2) is 16.6 Å². The first-order valence-corrected chi connectivity index (χ1v) is 5.02. The lowest BCUT2D eigenvalue weighted by atomic mass is 10.2. The van der Waals surface area contributed by atoms with E-state index >= 15 is 0 Å². The Kier molecular flexibility index (Phi) is 1.65. The summed E-state index contributed by atoms with van der Waals surface area (Å²) in [6, 6.07) is 4.27. The summed E-state index contributed by atoms with van der Waals surface area (Å²) >= 11 is 0. The van der Waals surface area contributed by atoms with Gasteiger partial charge in [-0.3, -0.25) is 4.68 Å². The number of fused-ring (bicyclic) bond motifs is 2. The van der Waals surface area contributed by atoms with Crippen molar-refractivity contribution in [1.82, 2.24) is 9.78 Å². The van der Waals surface area contributed by atoms with Gasteiger partial charge in [-0.2, -0.15) is 5.10 Å². The molecule has 0 amide bonds. The average Bonchev–Trinajstić information content (AvgIpc) is 2.77. The van der Waals surface area contributed by atoms with Gasteiger partial charge >= 0.3 is 0 Å². The molecule has 2 heterocycles. The lowest BCUT2D eigenvalue weighted by molar-refractivity contribution is 0.174. The van der Waals surface area contributed by atoms with Crippen molar-refractivity contribution in [2.75, 3.05) is 6.79 Å². The van der Waals surface area contributed by atoms with Crippen LogP contribution in [0.4, 0.5) is 0 Å². The molecule has 15 heavy (non-hydrogen) atoms. The van der Waals surface area contributed by atoms with Gasteiger partial charge in [0.15, 0.2) is 11.5 Å². The zero-order valence-corrected chi connectivity index (χ0v) is 8.73. The largest absolute Gasteiger partial charge is 0.454 e. The van der Waals surface area contributed by atoms with Gasteiger partial charge in [0.25, 0.3) is 0 Å². The molecule has 1 aliphatic rings. The molecular weight excluding hydrogens is 192 g/mol. The first kappa shape index (κ1) is 8.59. The van der Waals surface area contributed by atoms with Gasteiger partial charge in [0.2, 0.25) is 6.79 Å². The smallest absolute Gasteiger partial charge is 0.231 e. The van der Waals surface area contributed by atoms with Gasteiger partial charge in [-0.15, -0.1) is 0 Å². The molecule has 0 aliphatic carbocycles. The second-order valence-corrected chi connectivity index (χ2v) is 3.97. The van der Waals surface area contributed by atoms with Gasteiger partial charge in [-0.1, -0.05) is 0 Å². The molecule has 1 aromatic heterocycles. The Bertz CT molecular complexity index is 476. The Morgan fingerprint density at radius 3 is 2.73 bits per heavy atom. The van der Waals surface area contributed by atoms with Crippen LogP contribution in [0.5, 0.6) is 11.5 Å². The highest BCUT2D eigenvalue weighted by Crippen LogP contribution is 2.35. The molecule has 0 N–H and O–H groups in total. The van der Waals surface area contributed by atoms with E-state index in [2.05, 4.69) is 18.9 Å². The zero-order valence-electron chi connectivity index (χ0n) is 8.73. The minimum atomic E-state index is 0.312. The van der Waals surface area contributed by atoms with Crippen LogP contribution < -0.4 is 9.47 Å². The fraction of sp³-hybridized carbons (Fsp3) is 0.364. The number of hydrogen-bond donors (Lipinski definition) is 0. The molecule has 0 saturated carbocycles. The van der Waals surface area contributed by atoms with Crippen LogP contribution in [0.2, 0.25) is 0 Å².